The van der Waals surface area contributed by atoms with Crippen LogP contribution < -0.4 is 4.90 Å². The van der Waals surface area contributed by atoms with E-state index < -0.39 is 5.82 Å². The number of aromatic nitrogens is 2. The first kappa shape index (κ1) is 22.8. The first-order chi connectivity index (χ1) is 16.9. The van der Waals surface area contributed by atoms with Crippen molar-refractivity contribution in [1.29, 1.82) is 0 Å². The van der Waals surface area contributed by atoms with Gasteiger partial charge in [-0.15, -0.1) is 0 Å². The Balaban J connectivity index is 1.25. The number of anilines is 1. The number of amides is 3. The highest BCUT2D eigenvalue weighted by atomic mass is 19.1. The minimum absolute atomic E-state index is 0.0155. The van der Waals surface area contributed by atoms with Crippen LogP contribution in [0.15, 0.2) is 54.7 Å². The van der Waals surface area contributed by atoms with Crippen LogP contribution in [0.5, 0.6) is 0 Å². The van der Waals surface area contributed by atoms with Crippen LogP contribution in [-0.2, 0) is 17.9 Å². The normalized spacial score (nSPS) is 15.7. The molecule has 1 fully saturated rings. The van der Waals surface area contributed by atoms with Crippen molar-refractivity contribution >= 4 is 23.4 Å². The Morgan fingerprint density at radius 1 is 1.00 bits per heavy atom. The summed E-state index contributed by atoms with van der Waals surface area (Å²) in [4.78, 5) is 44.0. The third kappa shape index (κ3) is 4.53. The maximum Gasteiger partial charge on any atom is 0.263 e. The van der Waals surface area contributed by atoms with E-state index in [0.717, 1.165) is 5.69 Å². The Morgan fingerprint density at radius 3 is 2.49 bits per heavy atom. The minimum Gasteiger partial charge on any atom is -0.367 e. The molecule has 3 aromatic rings. The van der Waals surface area contributed by atoms with Crippen LogP contribution in [-0.4, -0.2) is 63.5 Å². The Labute approximate surface area is 202 Å². The van der Waals surface area contributed by atoms with Gasteiger partial charge in [-0.05, 0) is 42.8 Å². The van der Waals surface area contributed by atoms with E-state index >= 15 is 0 Å². The monoisotopic (exact) mass is 475 g/mol. The maximum atomic E-state index is 13.6. The van der Waals surface area contributed by atoms with Gasteiger partial charge < -0.3 is 9.80 Å². The quantitative estimate of drug-likeness (QED) is 0.513. The fourth-order valence-electron chi connectivity index (χ4n) is 4.69. The molecule has 2 aliphatic rings. The topological polar surface area (TPSA) is 78.8 Å². The summed E-state index contributed by atoms with van der Waals surface area (Å²) >= 11 is 0. The van der Waals surface area contributed by atoms with E-state index in [1.54, 1.807) is 28.9 Å². The highest BCUT2D eigenvalue weighted by Crippen LogP contribution is 2.33. The van der Waals surface area contributed by atoms with Crippen LogP contribution in [0.2, 0.25) is 0 Å². The number of rotatable bonds is 6. The number of hydrogen-bond acceptors (Lipinski definition) is 5. The summed E-state index contributed by atoms with van der Waals surface area (Å²) in [5.74, 6) is -1.09. The summed E-state index contributed by atoms with van der Waals surface area (Å²) in [6, 6.07) is 13.1. The maximum absolute atomic E-state index is 13.6. The Bertz CT molecular complexity index is 1300. The molecule has 180 valence electrons. The molecule has 2 aromatic carbocycles. The molecule has 1 saturated heterocycles. The number of imide groups is 1. The fraction of sp³-hybridized carbons (Fsp3) is 0.308. The number of piperazine rings is 1. The number of halogens is 1. The van der Waals surface area contributed by atoms with E-state index in [4.69, 9.17) is 0 Å². The number of fused-ring (bicyclic) bond motifs is 1. The summed E-state index contributed by atoms with van der Waals surface area (Å²) < 4.78 is 15.4. The SMILES string of the molecule is Cc1ccn(CCC(=O)N2CCN(c3cccc4c3C(=O)N(Cc3cccc(F)c3)C4=O)CC2)n1. The van der Waals surface area contributed by atoms with Gasteiger partial charge in [0.05, 0.1) is 29.1 Å². The zero-order valence-electron chi connectivity index (χ0n) is 19.5. The largest absolute Gasteiger partial charge is 0.367 e. The van der Waals surface area contributed by atoms with Gasteiger partial charge in [0.1, 0.15) is 5.82 Å². The molecule has 0 N–H and O–H groups in total. The fourth-order valence-corrected chi connectivity index (χ4v) is 4.69. The van der Waals surface area contributed by atoms with Crippen LogP contribution in [0.1, 0.15) is 38.4 Å². The molecule has 0 saturated carbocycles. The Kier molecular flexibility index (Phi) is 6.07. The average Bonchev–Trinajstić information content (AvgIpc) is 3.39. The average molecular weight is 476 g/mol. The second-order valence-corrected chi connectivity index (χ2v) is 8.86. The molecule has 0 atom stereocenters. The molecule has 8 nitrogen and oxygen atoms in total. The van der Waals surface area contributed by atoms with Gasteiger partial charge in [0.25, 0.3) is 11.8 Å². The summed E-state index contributed by atoms with van der Waals surface area (Å²) in [5, 5.41) is 4.32. The van der Waals surface area contributed by atoms with Gasteiger partial charge in [-0.25, -0.2) is 4.39 Å². The van der Waals surface area contributed by atoms with Crippen LogP contribution in [0, 0.1) is 12.7 Å². The first-order valence-corrected chi connectivity index (χ1v) is 11.7. The lowest BCUT2D eigenvalue weighted by molar-refractivity contribution is -0.131. The van der Waals surface area contributed by atoms with E-state index in [9.17, 15) is 18.8 Å². The van der Waals surface area contributed by atoms with Crippen LogP contribution in [0.4, 0.5) is 10.1 Å². The molecule has 1 aromatic heterocycles. The number of aryl methyl sites for hydroxylation is 2. The lowest BCUT2D eigenvalue weighted by Gasteiger charge is -2.36. The molecular formula is C26H26FN5O3. The van der Waals surface area contributed by atoms with E-state index in [1.807, 2.05) is 30.2 Å². The van der Waals surface area contributed by atoms with Crippen molar-refractivity contribution < 1.29 is 18.8 Å². The molecule has 0 radical (unpaired) electrons. The standard InChI is InChI=1S/C26H26FN5O3/c1-18-8-10-31(28-18)11-9-23(33)30-14-12-29(13-15-30)22-7-3-6-21-24(22)26(35)32(25(21)34)17-19-4-2-5-20(27)16-19/h2-8,10,16H,9,11-15,17H2,1H3. The minimum atomic E-state index is -0.410. The molecule has 0 bridgehead atoms. The highest BCUT2D eigenvalue weighted by Gasteiger charge is 2.39. The molecule has 2 aliphatic heterocycles. The second kappa shape index (κ2) is 9.32. The zero-order valence-corrected chi connectivity index (χ0v) is 19.5. The number of nitrogens with zero attached hydrogens (tertiary/aromatic N) is 5. The van der Waals surface area contributed by atoms with Crippen molar-refractivity contribution in [2.45, 2.75) is 26.4 Å². The van der Waals surface area contributed by atoms with Crippen molar-refractivity contribution in [3.63, 3.8) is 0 Å². The smallest absolute Gasteiger partial charge is 0.263 e. The van der Waals surface area contributed by atoms with Crippen LogP contribution in [0.25, 0.3) is 0 Å². The van der Waals surface area contributed by atoms with Crippen molar-refractivity contribution in [1.82, 2.24) is 19.6 Å². The molecule has 9 heteroatoms. The predicted molar refractivity (Wildman–Crippen MR) is 127 cm³/mol. The molecule has 5 rings (SSSR count). The second-order valence-electron chi connectivity index (χ2n) is 8.86. The summed E-state index contributed by atoms with van der Waals surface area (Å²) in [5.41, 5.74) is 2.91. The Hall–Kier alpha value is -4.01. The third-order valence-electron chi connectivity index (χ3n) is 6.51. The number of benzene rings is 2. The zero-order chi connectivity index (χ0) is 24.5. The molecule has 3 amide bonds. The molecule has 3 heterocycles. The highest BCUT2D eigenvalue weighted by molar-refractivity contribution is 6.23. The van der Waals surface area contributed by atoms with Gasteiger partial charge in [-0.2, -0.15) is 5.10 Å². The molecule has 0 unspecified atom stereocenters. The summed E-state index contributed by atoms with van der Waals surface area (Å²) in [6.07, 6.45) is 2.25. The molecule has 0 aliphatic carbocycles. The van der Waals surface area contributed by atoms with Gasteiger partial charge in [-0.3, -0.25) is 24.0 Å². The van der Waals surface area contributed by atoms with E-state index in [2.05, 4.69) is 10.00 Å². The van der Waals surface area contributed by atoms with E-state index in [1.165, 1.54) is 17.0 Å². The Morgan fingerprint density at radius 2 is 1.77 bits per heavy atom. The van der Waals surface area contributed by atoms with Crippen molar-refractivity contribution in [3.05, 3.63) is 82.9 Å². The van der Waals surface area contributed by atoms with Gasteiger partial charge in [-0.1, -0.05) is 18.2 Å². The number of carbonyl (C=O) groups excluding carboxylic acids is 3. The number of hydrogen-bond donors (Lipinski definition) is 0. The van der Waals surface area contributed by atoms with Crippen molar-refractivity contribution in [2.75, 3.05) is 31.1 Å². The molecule has 0 spiro atoms. The third-order valence-corrected chi connectivity index (χ3v) is 6.51. The van der Waals surface area contributed by atoms with Gasteiger partial charge in [0, 0.05) is 45.3 Å². The van der Waals surface area contributed by atoms with Crippen molar-refractivity contribution in [3.8, 4) is 0 Å². The van der Waals surface area contributed by atoms with Gasteiger partial charge in [0.2, 0.25) is 5.91 Å². The molecular weight excluding hydrogens is 449 g/mol. The number of carbonyl (C=O) groups is 3. The van der Waals surface area contributed by atoms with Gasteiger partial charge in [0.15, 0.2) is 0 Å². The van der Waals surface area contributed by atoms with Crippen molar-refractivity contribution in [2.24, 2.45) is 0 Å². The van der Waals surface area contributed by atoms with Crippen LogP contribution in [0.3, 0.4) is 0 Å². The van der Waals surface area contributed by atoms with E-state index in [0.29, 0.717) is 61.5 Å². The summed E-state index contributed by atoms with van der Waals surface area (Å²) in [7, 11) is 0. The van der Waals surface area contributed by atoms with E-state index in [-0.39, 0.29) is 24.3 Å². The first-order valence-electron chi connectivity index (χ1n) is 11.7. The molecule has 35 heavy (non-hydrogen) atoms. The summed E-state index contributed by atoms with van der Waals surface area (Å²) in [6.45, 7) is 4.67. The lowest BCUT2D eigenvalue weighted by Crippen LogP contribution is -2.49. The predicted octanol–water partition coefficient (Wildman–Crippen LogP) is 2.87. The van der Waals surface area contributed by atoms with Crippen LogP contribution >= 0.6 is 0 Å². The lowest BCUT2D eigenvalue weighted by atomic mass is 10.1. The van der Waals surface area contributed by atoms with Gasteiger partial charge >= 0.3 is 0 Å².